The van der Waals surface area contributed by atoms with Crippen LogP contribution in [0.4, 0.5) is 0 Å². The largest absolute Gasteiger partial charge is 0.379 e. The van der Waals surface area contributed by atoms with Gasteiger partial charge in [-0.3, -0.25) is 0 Å². The van der Waals surface area contributed by atoms with Gasteiger partial charge in [0.15, 0.2) is 5.82 Å². The van der Waals surface area contributed by atoms with Crippen molar-refractivity contribution in [2.45, 2.75) is 23.8 Å². The Morgan fingerprint density at radius 2 is 2.38 bits per heavy atom. The predicted octanol–water partition coefficient (Wildman–Crippen LogP) is 2.16. The van der Waals surface area contributed by atoms with Crippen molar-refractivity contribution < 1.29 is 9.47 Å². The molecule has 88 valence electrons. The zero-order chi connectivity index (χ0) is 11.4. The number of halogens is 1. The first-order valence-electron chi connectivity index (χ1n) is 5.13. The highest BCUT2D eigenvalue weighted by molar-refractivity contribution is 8.00. The maximum atomic E-state index is 5.92. The van der Waals surface area contributed by atoms with Crippen molar-refractivity contribution in [1.29, 1.82) is 0 Å². The lowest BCUT2D eigenvalue weighted by Crippen LogP contribution is -2.30. The Morgan fingerprint density at radius 3 is 3.00 bits per heavy atom. The molecule has 0 aliphatic carbocycles. The third-order valence-corrected chi connectivity index (χ3v) is 3.30. The van der Waals surface area contributed by atoms with E-state index in [1.165, 1.54) is 0 Å². The second kappa shape index (κ2) is 5.82. The summed E-state index contributed by atoms with van der Waals surface area (Å²) in [4.78, 5) is 8.49. The Labute approximate surface area is 104 Å². The van der Waals surface area contributed by atoms with Crippen LogP contribution in [0.15, 0.2) is 11.1 Å². The van der Waals surface area contributed by atoms with E-state index in [2.05, 4.69) is 9.97 Å². The van der Waals surface area contributed by atoms with Gasteiger partial charge in [-0.2, -0.15) is 0 Å². The molecule has 0 unspecified atom stereocenters. The van der Waals surface area contributed by atoms with Gasteiger partial charge in [-0.05, 0) is 6.92 Å². The summed E-state index contributed by atoms with van der Waals surface area (Å²) in [6.45, 7) is 4.56. The monoisotopic (exact) mass is 260 g/mol. The van der Waals surface area contributed by atoms with Crippen molar-refractivity contribution >= 4 is 23.4 Å². The molecule has 0 spiro atoms. The number of rotatable bonds is 5. The van der Waals surface area contributed by atoms with E-state index in [4.69, 9.17) is 21.1 Å². The number of hydrogen-bond acceptors (Lipinski definition) is 5. The summed E-state index contributed by atoms with van der Waals surface area (Å²) in [6.07, 6.45) is 0. The average molecular weight is 261 g/mol. The summed E-state index contributed by atoms with van der Waals surface area (Å²) in [5.74, 6) is 0.636. The Balaban J connectivity index is 2.02. The lowest BCUT2D eigenvalue weighted by molar-refractivity contribution is 0.0454. The second-order valence-electron chi connectivity index (χ2n) is 3.36. The summed E-state index contributed by atoms with van der Waals surface area (Å²) in [6, 6.07) is 1.78. The smallest absolute Gasteiger partial charge is 0.156 e. The van der Waals surface area contributed by atoms with Gasteiger partial charge in [0.1, 0.15) is 16.8 Å². The fraction of sp³-hybridized carbons (Fsp3) is 0.600. The van der Waals surface area contributed by atoms with E-state index < -0.39 is 0 Å². The molecule has 16 heavy (non-hydrogen) atoms. The fourth-order valence-corrected chi connectivity index (χ4v) is 2.49. The van der Waals surface area contributed by atoms with Crippen molar-refractivity contribution in [2.75, 3.05) is 19.8 Å². The first-order chi connectivity index (χ1) is 7.78. The minimum absolute atomic E-state index is 0.409. The van der Waals surface area contributed by atoms with E-state index >= 15 is 0 Å². The van der Waals surface area contributed by atoms with Gasteiger partial charge in [0.05, 0.1) is 18.5 Å². The fourth-order valence-electron chi connectivity index (χ4n) is 1.21. The molecular formula is C10H13ClN2O2S. The predicted molar refractivity (Wildman–Crippen MR) is 62.8 cm³/mol. The van der Waals surface area contributed by atoms with E-state index in [0.29, 0.717) is 29.4 Å². The molecule has 0 bridgehead atoms. The van der Waals surface area contributed by atoms with Crippen LogP contribution in [0.5, 0.6) is 0 Å². The van der Waals surface area contributed by atoms with Crippen LogP contribution in [-0.2, 0) is 16.1 Å². The molecule has 0 aromatic carbocycles. The molecule has 1 aliphatic heterocycles. The van der Waals surface area contributed by atoms with Gasteiger partial charge in [0.25, 0.3) is 0 Å². The van der Waals surface area contributed by atoms with Crippen LogP contribution in [0.2, 0.25) is 5.15 Å². The molecule has 0 atom stereocenters. The van der Waals surface area contributed by atoms with E-state index in [-0.39, 0.29) is 0 Å². The van der Waals surface area contributed by atoms with Crippen LogP contribution in [0.1, 0.15) is 12.7 Å². The molecule has 0 saturated carbocycles. The lowest BCUT2D eigenvalue weighted by Gasteiger charge is -2.24. The zero-order valence-electron chi connectivity index (χ0n) is 8.98. The molecule has 1 aromatic rings. The lowest BCUT2D eigenvalue weighted by atomic mass is 10.4. The maximum absolute atomic E-state index is 5.92. The van der Waals surface area contributed by atoms with Gasteiger partial charge in [0.2, 0.25) is 0 Å². The number of hydrogen-bond donors (Lipinski definition) is 0. The van der Waals surface area contributed by atoms with E-state index in [0.717, 1.165) is 18.2 Å². The maximum Gasteiger partial charge on any atom is 0.156 e. The number of nitrogens with zero attached hydrogens (tertiary/aromatic N) is 2. The van der Waals surface area contributed by atoms with Crippen molar-refractivity contribution in [3.8, 4) is 0 Å². The molecule has 1 fully saturated rings. The summed E-state index contributed by atoms with van der Waals surface area (Å²) in [7, 11) is 0. The third-order valence-electron chi connectivity index (χ3n) is 2.05. The van der Waals surface area contributed by atoms with E-state index in [9.17, 15) is 0 Å². The first kappa shape index (κ1) is 12.1. The van der Waals surface area contributed by atoms with Gasteiger partial charge in [-0.1, -0.05) is 23.4 Å². The molecule has 1 aromatic heterocycles. The Kier molecular flexibility index (Phi) is 4.40. The quantitative estimate of drug-likeness (QED) is 0.759. The Bertz CT molecular complexity index is 361. The topological polar surface area (TPSA) is 44.2 Å². The number of thioether (sulfide) groups is 1. The highest BCUT2D eigenvalue weighted by atomic mass is 35.5. The summed E-state index contributed by atoms with van der Waals surface area (Å²) < 4.78 is 10.4. The van der Waals surface area contributed by atoms with Crippen LogP contribution in [0.3, 0.4) is 0 Å². The van der Waals surface area contributed by atoms with E-state index in [1.807, 2.05) is 6.92 Å². The summed E-state index contributed by atoms with van der Waals surface area (Å²) in [5, 5.41) is 1.85. The van der Waals surface area contributed by atoms with Crippen LogP contribution in [0.25, 0.3) is 0 Å². The van der Waals surface area contributed by atoms with Gasteiger partial charge in [-0.25, -0.2) is 9.97 Å². The van der Waals surface area contributed by atoms with Crippen molar-refractivity contribution in [3.63, 3.8) is 0 Å². The molecule has 6 heteroatoms. The van der Waals surface area contributed by atoms with Gasteiger partial charge >= 0.3 is 0 Å². The molecule has 0 radical (unpaired) electrons. The standard InChI is InChI=1S/C10H13ClN2O2S/c1-2-14-6-9-12-8(11)3-10(13-9)16-7-4-15-5-7/h3,7H,2,4-6H2,1H3. The number of aromatic nitrogens is 2. The molecular weight excluding hydrogens is 248 g/mol. The Morgan fingerprint density at radius 1 is 1.56 bits per heavy atom. The summed E-state index contributed by atoms with van der Waals surface area (Å²) >= 11 is 7.60. The average Bonchev–Trinajstić information content (AvgIpc) is 2.20. The molecule has 2 heterocycles. The summed E-state index contributed by atoms with van der Waals surface area (Å²) in [5.41, 5.74) is 0. The normalized spacial score (nSPS) is 16.1. The highest BCUT2D eigenvalue weighted by Crippen LogP contribution is 2.27. The minimum Gasteiger partial charge on any atom is -0.379 e. The van der Waals surface area contributed by atoms with Crippen molar-refractivity contribution in [2.24, 2.45) is 0 Å². The van der Waals surface area contributed by atoms with Crippen LogP contribution < -0.4 is 0 Å². The van der Waals surface area contributed by atoms with Gasteiger partial charge in [0, 0.05) is 12.7 Å². The molecule has 0 amide bonds. The molecule has 1 saturated heterocycles. The first-order valence-corrected chi connectivity index (χ1v) is 6.39. The Hall–Kier alpha value is -0.360. The van der Waals surface area contributed by atoms with Crippen molar-refractivity contribution in [1.82, 2.24) is 9.97 Å². The van der Waals surface area contributed by atoms with Gasteiger partial charge in [-0.15, -0.1) is 0 Å². The molecule has 4 nitrogen and oxygen atoms in total. The molecule has 2 rings (SSSR count). The van der Waals surface area contributed by atoms with Crippen molar-refractivity contribution in [3.05, 3.63) is 17.0 Å². The molecule has 0 N–H and O–H groups in total. The van der Waals surface area contributed by atoms with Gasteiger partial charge < -0.3 is 9.47 Å². The third kappa shape index (κ3) is 3.31. The zero-order valence-corrected chi connectivity index (χ0v) is 10.6. The van der Waals surface area contributed by atoms with Crippen LogP contribution in [0, 0.1) is 0 Å². The number of ether oxygens (including phenoxy) is 2. The highest BCUT2D eigenvalue weighted by Gasteiger charge is 2.20. The SMILES string of the molecule is CCOCc1nc(Cl)cc(SC2COC2)n1. The van der Waals surface area contributed by atoms with E-state index in [1.54, 1.807) is 17.8 Å². The minimum atomic E-state index is 0.409. The van der Waals surface area contributed by atoms with Crippen LogP contribution in [-0.4, -0.2) is 35.0 Å². The second-order valence-corrected chi connectivity index (χ2v) is 5.07. The van der Waals surface area contributed by atoms with Crippen LogP contribution >= 0.6 is 23.4 Å². The molecule has 1 aliphatic rings.